The van der Waals surface area contributed by atoms with E-state index < -0.39 is 6.10 Å². The van der Waals surface area contributed by atoms with Gasteiger partial charge in [-0.05, 0) is 76.5 Å². The first-order valence-corrected chi connectivity index (χ1v) is 31.3. The highest BCUT2D eigenvalue weighted by atomic mass is 16.6. The van der Waals surface area contributed by atoms with Crippen LogP contribution in [-0.4, -0.2) is 86.6 Å². The van der Waals surface area contributed by atoms with Crippen LogP contribution in [0.2, 0.25) is 0 Å². The van der Waals surface area contributed by atoms with Gasteiger partial charge in [-0.3, -0.25) is 14.4 Å². The molecule has 0 radical (unpaired) electrons. The first kappa shape index (κ1) is 64.5. The zero-order valence-electron chi connectivity index (χ0n) is 47.8. The number of ether oxygens (including phenoxy) is 7. The average molecular weight is 1020 g/mol. The third-order valence-electron chi connectivity index (χ3n) is 16.0. The van der Waals surface area contributed by atoms with E-state index in [1.165, 1.54) is 122 Å². The van der Waals surface area contributed by atoms with Crippen LogP contribution in [0.4, 0.5) is 0 Å². The van der Waals surface area contributed by atoms with Gasteiger partial charge in [-0.25, -0.2) is 0 Å². The van der Waals surface area contributed by atoms with Crippen molar-refractivity contribution in [1.82, 2.24) is 0 Å². The lowest BCUT2D eigenvalue weighted by Crippen LogP contribution is -2.30. The fourth-order valence-electron chi connectivity index (χ4n) is 10.7. The van der Waals surface area contributed by atoms with Crippen LogP contribution in [0.5, 0.6) is 0 Å². The minimum absolute atomic E-state index is 0.101. The summed E-state index contributed by atoms with van der Waals surface area (Å²) in [6, 6.07) is 0. The molecule has 3 aliphatic heterocycles. The van der Waals surface area contributed by atoms with Gasteiger partial charge < -0.3 is 33.2 Å². The second-order valence-corrected chi connectivity index (χ2v) is 22.8. The van der Waals surface area contributed by atoms with Crippen molar-refractivity contribution >= 4 is 17.9 Å². The summed E-state index contributed by atoms with van der Waals surface area (Å²) in [6.45, 7) is 14.2. The van der Waals surface area contributed by atoms with Crippen molar-refractivity contribution in [3.8, 4) is 0 Å². The number of rotatable bonds is 53. The van der Waals surface area contributed by atoms with E-state index in [0.29, 0.717) is 62.5 Å². The number of unbranched alkanes of at least 4 members (excludes halogenated alkanes) is 22. The molecule has 10 heteroatoms. The van der Waals surface area contributed by atoms with Gasteiger partial charge in [0.15, 0.2) is 6.10 Å². The van der Waals surface area contributed by atoms with Crippen LogP contribution in [0.15, 0.2) is 0 Å². The molecule has 0 aromatic heterocycles. The summed E-state index contributed by atoms with van der Waals surface area (Å²) < 4.78 is 40.9. The molecule has 10 atom stereocenters. The van der Waals surface area contributed by atoms with Gasteiger partial charge in [0.2, 0.25) is 0 Å². The van der Waals surface area contributed by atoms with Gasteiger partial charge in [0.25, 0.3) is 0 Å². The number of epoxide rings is 3. The van der Waals surface area contributed by atoms with Crippen molar-refractivity contribution in [1.29, 1.82) is 0 Å². The van der Waals surface area contributed by atoms with Gasteiger partial charge in [-0.2, -0.15) is 0 Å². The Kier molecular flexibility index (Phi) is 38.0. The van der Waals surface area contributed by atoms with Crippen LogP contribution in [0.1, 0.15) is 298 Å². The van der Waals surface area contributed by atoms with E-state index in [1.807, 2.05) is 0 Å². The Morgan fingerprint density at radius 2 is 0.792 bits per heavy atom. The molecule has 0 N–H and O–H groups in total. The molecule has 422 valence electrons. The molecule has 0 saturated carbocycles. The summed E-state index contributed by atoms with van der Waals surface area (Å²) in [5.41, 5.74) is 0. The molecule has 0 bridgehead atoms. The SMILES string of the molecule is CCCCCCCCC1OC1CCCCCCCC(=O)OCC(COC(=O)CCCCCCCC1OC1COC(C)CCCCC)OC(=O)CCCCCCCC1OC1CC(CCCC)C(C)CCCCC. The minimum atomic E-state index is -0.810. The molecule has 10 unspecified atom stereocenters. The molecule has 0 aromatic carbocycles. The van der Waals surface area contributed by atoms with Gasteiger partial charge in [0.1, 0.15) is 19.3 Å². The fourth-order valence-corrected chi connectivity index (χ4v) is 10.7. The van der Waals surface area contributed by atoms with Crippen molar-refractivity contribution in [3.63, 3.8) is 0 Å². The minimum Gasteiger partial charge on any atom is -0.462 e. The predicted molar refractivity (Wildman–Crippen MR) is 293 cm³/mol. The van der Waals surface area contributed by atoms with Crippen LogP contribution < -0.4 is 0 Å². The number of hydrogen-bond acceptors (Lipinski definition) is 10. The summed E-state index contributed by atoms with van der Waals surface area (Å²) >= 11 is 0. The molecule has 0 amide bonds. The topological polar surface area (TPSA) is 126 Å². The molecule has 3 aliphatic rings. The summed E-state index contributed by atoms with van der Waals surface area (Å²) in [7, 11) is 0. The molecule has 0 aromatic rings. The van der Waals surface area contributed by atoms with Gasteiger partial charge in [-0.1, -0.05) is 214 Å². The zero-order chi connectivity index (χ0) is 51.9. The third-order valence-corrected chi connectivity index (χ3v) is 16.0. The van der Waals surface area contributed by atoms with E-state index in [1.54, 1.807) is 0 Å². The molecule has 10 nitrogen and oxygen atoms in total. The molecule has 0 spiro atoms. The Morgan fingerprint density at radius 1 is 0.403 bits per heavy atom. The van der Waals surface area contributed by atoms with Gasteiger partial charge in [-0.15, -0.1) is 0 Å². The van der Waals surface area contributed by atoms with E-state index in [0.717, 1.165) is 127 Å². The van der Waals surface area contributed by atoms with Crippen LogP contribution in [0.25, 0.3) is 0 Å². The fraction of sp³-hybridized carbons (Fsp3) is 0.952. The van der Waals surface area contributed by atoms with Crippen LogP contribution in [0, 0.1) is 11.8 Å². The standard InChI is InChI=1S/C62H114O10/c1-7-11-15-16-20-29-39-54-55(70-54)40-30-21-17-24-33-43-60(63)67-47-53(48-68-61(64)44-34-25-18-23-32-42-57-59(72-57)49-66-51(6)37-28-13-9-3)69-62(65)45-35-26-19-22-31-41-56-58(71-56)46-52(38-14-10-4)50(5)36-27-12-8-2/h50-59H,7-49H2,1-6H3. The summed E-state index contributed by atoms with van der Waals surface area (Å²) in [5, 5.41) is 0. The normalized spacial score (nSPS) is 21.8. The number of esters is 3. The Balaban J connectivity index is 1.26. The maximum Gasteiger partial charge on any atom is 0.306 e. The summed E-state index contributed by atoms with van der Waals surface area (Å²) in [4.78, 5) is 38.5. The molecular weight excluding hydrogens is 905 g/mol. The van der Waals surface area contributed by atoms with Crippen molar-refractivity contribution in [3.05, 3.63) is 0 Å². The van der Waals surface area contributed by atoms with Crippen molar-refractivity contribution < 1.29 is 47.5 Å². The maximum atomic E-state index is 13.0. The molecule has 3 rings (SSSR count). The molecule has 0 aliphatic carbocycles. The largest absolute Gasteiger partial charge is 0.462 e. The van der Waals surface area contributed by atoms with Crippen LogP contribution >= 0.6 is 0 Å². The van der Waals surface area contributed by atoms with Gasteiger partial charge in [0.05, 0.1) is 43.2 Å². The second kappa shape index (κ2) is 42.4. The van der Waals surface area contributed by atoms with Gasteiger partial charge >= 0.3 is 17.9 Å². The first-order valence-electron chi connectivity index (χ1n) is 31.3. The van der Waals surface area contributed by atoms with Crippen molar-refractivity contribution in [2.45, 2.75) is 347 Å². The van der Waals surface area contributed by atoms with E-state index in [9.17, 15) is 14.4 Å². The molecule has 3 heterocycles. The Morgan fingerprint density at radius 3 is 1.31 bits per heavy atom. The lowest BCUT2D eigenvalue weighted by atomic mass is 9.82. The molecular formula is C62H114O10. The monoisotopic (exact) mass is 1020 g/mol. The summed E-state index contributed by atoms with van der Waals surface area (Å²) in [6.07, 6.45) is 46.0. The smallest absolute Gasteiger partial charge is 0.306 e. The third kappa shape index (κ3) is 34.0. The first-order chi connectivity index (χ1) is 35.2. The van der Waals surface area contributed by atoms with Gasteiger partial charge in [0, 0.05) is 19.3 Å². The Hall–Kier alpha value is -1.75. The Bertz CT molecular complexity index is 1330. The lowest BCUT2D eigenvalue weighted by Gasteiger charge is -2.23. The average Bonchev–Trinajstić information content (AvgIpc) is 4.32. The van der Waals surface area contributed by atoms with E-state index in [4.69, 9.17) is 33.2 Å². The molecule has 3 saturated heterocycles. The van der Waals surface area contributed by atoms with Crippen LogP contribution in [-0.2, 0) is 47.5 Å². The van der Waals surface area contributed by atoms with E-state index in [2.05, 4.69) is 41.5 Å². The van der Waals surface area contributed by atoms with Crippen molar-refractivity contribution in [2.24, 2.45) is 11.8 Å². The predicted octanol–water partition coefficient (Wildman–Crippen LogP) is 16.6. The highest BCUT2D eigenvalue weighted by molar-refractivity contribution is 5.71. The zero-order valence-corrected chi connectivity index (χ0v) is 47.8. The van der Waals surface area contributed by atoms with E-state index in [-0.39, 0.29) is 37.2 Å². The quantitative estimate of drug-likeness (QED) is 0.0252. The number of carbonyl (C=O) groups is 3. The highest BCUT2D eigenvalue weighted by Crippen LogP contribution is 2.38. The molecule has 72 heavy (non-hydrogen) atoms. The second-order valence-electron chi connectivity index (χ2n) is 22.8. The summed E-state index contributed by atoms with van der Waals surface area (Å²) in [5.74, 6) is 0.632. The Labute approximate surface area is 442 Å². The van der Waals surface area contributed by atoms with Crippen molar-refractivity contribution in [2.75, 3.05) is 19.8 Å². The maximum absolute atomic E-state index is 13.0. The lowest BCUT2D eigenvalue weighted by molar-refractivity contribution is -0.167. The van der Waals surface area contributed by atoms with Crippen LogP contribution in [0.3, 0.4) is 0 Å². The highest BCUT2D eigenvalue weighted by Gasteiger charge is 2.40. The number of hydrogen-bond donors (Lipinski definition) is 0. The number of carbonyl (C=O) groups excluding carboxylic acids is 3. The molecule has 3 fully saturated rings. The van der Waals surface area contributed by atoms with E-state index >= 15 is 0 Å².